The molecule has 9 heteroatoms. The molecule has 0 atom stereocenters. The zero-order valence-corrected chi connectivity index (χ0v) is 14.4. The van der Waals surface area contributed by atoms with Gasteiger partial charge >= 0.3 is 0 Å². The van der Waals surface area contributed by atoms with Gasteiger partial charge in [-0.1, -0.05) is 5.16 Å². The summed E-state index contributed by atoms with van der Waals surface area (Å²) in [4.78, 5) is 24.6. The Hall–Kier alpha value is -1.74. The molecule has 0 aliphatic carbocycles. The van der Waals surface area contributed by atoms with Crippen molar-refractivity contribution in [3.05, 3.63) is 11.5 Å². The summed E-state index contributed by atoms with van der Waals surface area (Å²) < 4.78 is 31.6. The van der Waals surface area contributed by atoms with Gasteiger partial charge in [0.2, 0.25) is 15.9 Å². The number of hydrogen-bond donors (Lipinski definition) is 0. The highest BCUT2D eigenvalue weighted by Gasteiger charge is 2.34. The lowest BCUT2D eigenvalue weighted by atomic mass is 10.2. The molecular formula is C14H21N3O5S. The topological polar surface area (TPSA) is 101 Å². The molecule has 1 saturated heterocycles. The fourth-order valence-corrected chi connectivity index (χ4v) is 4.30. The van der Waals surface area contributed by atoms with E-state index in [4.69, 9.17) is 4.52 Å². The van der Waals surface area contributed by atoms with E-state index in [1.807, 2.05) is 0 Å². The van der Waals surface area contributed by atoms with Crippen molar-refractivity contribution in [2.75, 3.05) is 26.2 Å². The van der Waals surface area contributed by atoms with E-state index in [0.29, 0.717) is 18.8 Å². The van der Waals surface area contributed by atoms with Crippen LogP contribution in [-0.4, -0.2) is 60.6 Å². The van der Waals surface area contributed by atoms with Crippen LogP contribution >= 0.6 is 0 Å². The number of nitrogens with zero attached hydrogens (tertiary/aromatic N) is 3. The maximum absolute atomic E-state index is 12.7. The molecule has 0 saturated carbocycles. The Balaban J connectivity index is 2.01. The summed E-state index contributed by atoms with van der Waals surface area (Å²) in [6, 6.07) is 0. The molecule has 2 rings (SSSR count). The Bertz CT molecular complexity index is 682. The molecule has 0 aromatic carbocycles. The zero-order valence-electron chi connectivity index (χ0n) is 13.5. The Kier molecular flexibility index (Phi) is 5.20. The van der Waals surface area contributed by atoms with Gasteiger partial charge in [-0.2, -0.15) is 4.31 Å². The third-order valence-electron chi connectivity index (χ3n) is 3.85. The number of ketones is 1. The lowest BCUT2D eigenvalue weighted by molar-refractivity contribution is -0.134. The second-order valence-corrected chi connectivity index (χ2v) is 7.51. The van der Waals surface area contributed by atoms with E-state index in [0.717, 1.165) is 0 Å². The number of piperazine rings is 1. The van der Waals surface area contributed by atoms with Crippen LogP contribution in [0.25, 0.3) is 0 Å². The summed E-state index contributed by atoms with van der Waals surface area (Å²) in [6.45, 7) is 5.68. The first-order chi connectivity index (χ1) is 10.7. The van der Waals surface area contributed by atoms with Gasteiger partial charge in [0.15, 0.2) is 5.76 Å². The van der Waals surface area contributed by atoms with Crippen molar-refractivity contribution in [2.45, 2.75) is 38.5 Å². The maximum atomic E-state index is 12.7. The fourth-order valence-electron chi connectivity index (χ4n) is 2.59. The van der Waals surface area contributed by atoms with Crippen LogP contribution in [0.5, 0.6) is 0 Å². The Labute approximate surface area is 135 Å². The van der Waals surface area contributed by atoms with Crippen molar-refractivity contribution >= 4 is 21.7 Å². The van der Waals surface area contributed by atoms with Gasteiger partial charge in [0.1, 0.15) is 16.4 Å². The minimum atomic E-state index is -3.67. The Morgan fingerprint density at radius 3 is 2.22 bits per heavy atom. The SMILES string of the molecule is CC(=O)CCC(=O)N1CCN(S(=O)(=O)c2c(C)noc2C)CC1. The quantitative estimate of drug-likeness (QED) is 0.771. The third kappa shape index (κ3) is 3.78. The van der Waals surface area contributed by atoms with Gasteiger partial charge in [-0.15, -0.1) is 0 Å². The van der Waals surface area contributed by atoms with Gasteiger partial charge < -0.3 is 14.2 Å². The highest BCUT2D eigenvalue weighted by Crippen LogP contribution is 2.24. The van der Waals surface area contributed by atoms with Gasteiger partial charge in [0, 0.05) is 39.0 Å². The van der Waals surface area contributed by atoms with E-state index >= 15 is 0 Å². The molecule has 0 radical (unpaired) electrons. The summed E-state index contributed by atoms with van der Waals surface area (Å²) in [5, 5.41) is 3.68. The summed E-state index contributed by atoms with van der Waals surface area (Å²) in [5.74, 6) is 0.120. The van der Waals surface area contributed by atoms with Crippen molar-refractivity contribution in [1.82, 2.24) is 14.4 Å². The van der Waals surface area contributed by atoms with Crippen LogP contribution in [0.4, 0.5) is 0 Å². The predicted octanol–water partition coefficient (Wildman–Crippen LogP) is 0.494. The van der Waals surface area contributed by atoms with Crippen LogP contribution in [-0.2, 0) is 19.6 Å². The molecule has 2 heterocycles. The number of Topliss-reactive ketones (excluding diaryl/α,β-unsaturated/α-hetero) is 1. The number of rotatable bonds is 5. The molecule has 1 aromatic rings. The first kappa shape index (κ1) is 17.6. The summed E-state index contributed by atoms with van der Waals surface area (Å²) in [6.07, 6.45) is 0.391. The van der Waals surface area contributed by atoms with Crippen molar-refractivity contribution in [1.29, 1.82) is 0 Å². The molecule has 23 heavy (non-hydrogen) atoms. The number of amides is 1. The van der Waals surface area contributed by atoms with Crippen molar-refractivity contribution in [3.63, 3.8) is 0 Å². The van der Waals surface area contributed by atoms with Crippen LogP contribution in [0.15, 0.2) is 9.42 Å². The second kappa shape index (κ2) is 6.79. The van der Waals surface area contributed by atoms with Gasteiger partial charge in [-0.3, -0.25) is 4.79 Å². The summed E-state index contributed by atoms with van der Waals surface area (Å²) >= 11 is 0. The summed E-state index contributed by atoms with van der Waals surface area (Å²) in [5.41, 5.74) is 0.336. The lowest BCUT2D eigenvalue weighted by Gasteiger charge is -2.34. The van der Waals surface area contributed by atoms with Gasteiger partial charge in [0.25, 0.3) is 0 Å². The zero-order chi connectivity index (χ0) is 17.2. The van der Waals surface area contributed by atoms with Crippen LogP contribution in [0.3, 0.4) is 0 Å². The molecule has 0 spiro atoms. The molecule has 1 aromatic heterocycles. The molecule has 0 N–H and O–H groups in total. The minimum Gasteiger partial charge on any atom is -0.360 e. The van der Waals surface area contributed by atoms with E-state index in [-0.39, 0.29) is 48.3 Å². The van der Waals surface area contributed by atoms with E-state index in [1.165, 1.54) is 11.2 Å². The van der Waals surface area contributed by atoms with Gasteiger partial charge in [-0.05, 0) is 20.8 Å². The van der Waals surface area contributed by atoms with Gasteiger partial charge in [-0.25, -0.2) is 8.42 Å². The first-order valence-corrected chi connectivity index (χ1v) is 8.87. The average Bonchev–Trinajstić information content (AvgIpc) is 2.84. The maximum Gasteiger partial charge on any atom is 0.248 e. The minimum absolute atomic E-state index is 0.0297. The Morgan fingerprint density at radius 2 is 1.74 bits per heavy atom. The number of aromatic nitrogens is 1. The molecule has 1 amide bonds. The fraction of sp³-hybridized carbons (Fsp3) is 0.643. The van der Waals surface area contributed by atoms with Crippen LogP contribution in [0.2, 0.25) is 0 Å². The number of aryl methyl sites for hydroxylation is 2. The largest absolute Gasteiger partial charge is 0.360 e. The lowest BCUT2D eigenvalue weighted by Crippen LogP contribution is -2.50. The van der Waals surface area contributed by atoms with Crippen molar-refractivity contribution < 1.29 is 22.5 Å². The van der Waals surface area contributed by atoms with Crippen molar-refractivity contribution in [2.24, 2.45) is 0 Å². The van der Waals surface area contributed by atoms with E-state index < -0.39 is 10.0 Å². The van der Waals surface area contributed by atoms with Crippen LogP contribution in [0, 0.1) is 13.8 Å². The Morgan fingerprint density at radius 1 is 1.13 bits per heavy atom. The second-order valence-electron chi connectivity index (χ2n) is 5.64. The van der Waals surface area contributed by atoms with E-state index in [1.54, 1.807) is 18.7 Å². The van der Waals surface area contributed by atoms with E-state index in [2.05, 4.69) is 5.16 Å². The number of carbonyl (C=O) groups excluding carboxylic acids is 2. The normalized spacial score (nSPS) is 16.6. The average molecular weight is 343 g/mol. The number of carbonyl (C=O) groups is 2. The molecular weight excluding hydrogens is 322 g/mol. The third-order valence-corrected chi connectivity index (χ3v) is 5.99. The van der Waals surface area contributed by atoms with Crippen LogP contribution in [0.1, 0.15) is 31.2 Å². The van der Waals surface area contributed by atoms with Gasteiger partial charge in [0.05, 0.1) is 0 Å². The molecule has 1 fully saturated rings. The van der Waals surface area contributed by atoms with Crippen LogP contribution < -0.4 is 0 Å². The number of hydrogen-bond acceptors (Lipinski definition) is 6. The standard InChI is InChI=1S/C14H21N3O5S/c1-10(18)4-5-13(19)16-6-8-17(9-7-16)23(20,21)14-11(2)15-22-12(14)3/h4-9H2,1-3H3. The predicted molar refractivity (Wildman–Crippen MR) is 81.2 cm³/mol. The first-order valence-electron chi connectivity index (χ1n) is 7.43. The van der Waals surface area contributed by atoms with Crippen molar-refractivity contribution in [3.8, 4) is 0 Å². The highest BCUT2D eigenvalue weighted by atomic mass is 32.2. The highest BCUT2D eigenvalue weighted by molar-refractivity contribution is 7.89. The molecule has 128 valence electrons. The summed E-state index contributed by atoms with van der Waals surface area (Å²) in [7, 11) is -3.67. The molecule has 0 bridgehead atoms. The number of sulfonamides is 1. The smallest absolute Gasteiger partial charge is 0.248 e. The molecule has 1 aliphatic rings. The van der Waals surface area contributed by atoms with E-state index in [9.17, 15) is 18.0 Å². The monoisotopic (exact) mass is 343 g/mol. The molecule has 8 nitrogen and oxygen atoms in total. The molecule has 0 unspecified atom stereocenters. The molecule has 1 aliphatic heterocycles.